The second-order valence-electron chi connectivity index (χ2n) is 6.23. The molecule has 1 saturated carbocycles. The van der Waals surface area contributed by atoms with Gasteiger partial charge >= 0.3 is 0 Å². The summed E-state index contributed by atoms with van der Waals surface area (Å²) < 4.78 is 19.4. The normalized spacial score (nSPS) is 23.9. The molecule has 2 rings (SSSR count). The first-order chi connectivity index (χ1) is 8.97. The summed E-state index contributed by atoms with van der Waals surface area (Å²) in [6.45, 7) is 4.49. The molecule has 19 heavy (non-hydrogen) atoms. The van der Waals surface area contributed by atoms with Gasteiger partial charge in [0.1, 0.15) is 0 Å². The summed E-state index contributed by atoms with van der Waals surface area (Å²) in [5.41, 5.74) is 7.13. The van der Waals surface area contributed by atoms with Crippen molar-refractivity contribution in [2.75, 3.05) is 7.11 Å². The molecule has 0 radical (unpaired) electrons. The number of rotatable bonds is 3. The van der Waals surface area contributed by atoms with E-state index in [2.05, 4.69) is 13.8 Å². The van der Waals surface area contributed by atoms with E-state index in [1.165, 1.54) is 20.0 Å². The molecule has 0 aromatic heterocycles. The molecule has 0 heterocycles. The second-order valence-corrected chi connectivity index (χ2v) is 6.23. The van der Waals surface area contributed by atoms with Crippen molar-refractivity contribution in [1.82, 2.24) is 0 Å². The molecule has 2 atom stereocenters. The standard InChI is InChI=1S/C16H24FNO/c1-16(2)10-5-4-8-12(16)15(18)11-7-6-9-13(19-3)14(11)17/h6-7,9,12,15H,4-5,8,10,18H2,1-3H3. The Bertz CT molecular complexity index is 444. The molecule has 0 bridgehead atoms. The fraction of sp³-hybridized carbons (Fsp3) is 0.625. The largest absolute Gasteiger partial charge is 0.494 e. The monoisotopic (exact) mass is 265 g/mol. The van der Waals surface area contributed by atoms with Crippen LogP contribution in [0, 0.1) is 17.2 Å². The van der Waals surface area contributed by atoms with Crippen LogP contribution in [0.2, 0.25) is 0 Å². The zero-order chi connectivity index (χ0) is 14.0. The predicted octanol–water partition coefficient (Wildman–Crippen LogP) is 4.05. The molecule has 106 valence electrons. The average Bonchev–Trinajstić information content (AvgIpc) is 2.38. The van der Waals surface area contributed by atoms with Crippen molar-refractivity contribution >= 4 is 0 Å². The molecule has 0 saturated heterocycles. The Morgan fingerprint density at radius 1 is 1.37 bits per heavy atom. The molecular weight excluding hydrogens is 241 g/mol. The maximum atomic E-state index is 14.3. The Balaban J connectivity index is 2.31. The van der Waals surface area contributed by atoms with E-state index < -0.39 is 0 Å². The molecule has 0 spiro atoms. The molecule has 0 aliphatic heterocycles. The zero-order valence-electron chi connectivity index (χ0n) is 12.1. The van der Waals surface area contributed by atoms with Gasteiger partial charge < -0.3 is 10.5 Å². The van der Waals surface area contributed by atoms with Crippen LogP contribution in [-0.4, -0.2) is 7.11 Å². The first-order valence-corrected chi connectivity index (χ1v) is 7.05. The predicted molar refractivity (Wildman–Crippen MR) is 75.6 cm³/mol. The van der Waals surface area contributed by atoms with Gasteiger partial charge in [-0.05, 0) is 30.2 Å². The van der Waals surface area contributed by atoms with Crippen molar-refractivity contribution < 1.29 is 9.13 Å². The quantitative estimate of drug-likeness (QED) is 0.894. The molecule has 1 aliphatic carbocycles. The summed E-state index contributed by atoms with van der Waals surface area (Å²) in [4.78, 5) is 0. The summed E-state index contributed by atoms with van der Waals surface area (Å²) in [6.07, 6.45) is 4.67. The van der Waals surface area contributed by atoms with Gasteiger partial charge in [0, 0.05) is 11.6 Å². The van der Waals surface area contributed by atoms with Crippen molar-refractivity contribution in [2.45, 2.75) is 45.6 Å². The zero-order valence-corrected chi connectivity index (χ0v) is 12.1. The molecule has 1 aliphatic rings. The lowest BCUT2D eigenvalue weighted by Crippen LogP contribution is -2.36. The molecule has 2 unspecified atom stereocenters. The van der Waals surface area contributed by atoms with Gasteiger partial charge in [-0.25, -0.2) is 4.39 Å². The molecule has 1 aromatic carbocycles. The summed E-state index contributed by atoms with van der Waals surface area (Å²) in [5.74, 6) is 0.295. The van der Waals surface area contributed by atoms with Gasteiger partial charge in [-0.1, -0.05) is 38.8 Å². The Morgan fingerprint density at radius 3 is 2.74 bits per heavy atom. The third-order valence-electron chi connectivity index (χ3n) is 4.60. The van der Waals surface area contributed by atoms with Crippen molar-refractivity contribution in [2.24, 2.45) is 17.1 Å². The molecule has 2 N–H and O–H groups in total. The van der Waals surface area contributed by atoms with E-state index in [9.17, 15) is 4.39 Å². The Hall–Kier alpha value is -1.09. The lowest BCUT2D eigenvalue weighted by molar-refractivity contribution is 0.111. The lowest BCUT2D eigenvalue weighted by atomic mass is 9.65. The highest BCUT2D eigenvalue weighted by atomic mass is 19.1. The van der Waals surface area contributed by atoms with Crippen LogP contribution in [0.5, 0.6) is 5.75 Å². The van der Waals surface area contributed by atoms with Gasteiger partial charge in [0.2, 0.25) is 0 Å². The summed E-state index contributed by atoms with van der Waals surface area (Å²) in [6, 6.07) is 4.97. The van der Waals surface area contributed by atoms with Crippen molar-refractivity contribution in [3.63, 3.8) is 0 Å². The van der Waals surface area contributed by atoms with Crippen molar-refractivity contribution in [3.05, 3.63) is 29.6 Å². The van der Waals surface area contributed by atoms with E-state index in [4.69, 9.17) is 10.5 Å². The lowest BCUT2D eigenvalue weighted by Gasteiger charge is -2.42. The molecule has 2 nitrogen and oxygen atoms in total. The Kier molecular flexibility index (Phi) is 4.14. The Labute approximate surface area is 115 Å². The summed E-state index contributed by atoms with van der Waals surface area (Å²) in [7, 11) is 1.48. The van der Waals surface area contributed by atoms with Gasteiger partial charge in [-0.15, -0.1) is 0 Å². The van der Waals surface area contributed by atoms with Crippen LogP contribution in [-0.2, 0) is 0 Å². The topological polar surface area (TPSA) is 35.2 Å². The minimum absolute atomic E-state index is 0.174. The van der Waals surface area contributed by atoms with E-state index in [0.29, 0.717) is 11.5 Å². The summed E-state index contributed by atoms with van der Waals surface area (Å²) in [5, 5.41) is 0. The average molecular weight is 265 g/mol. The first kappa shape index (κ1) is 14.3. The number of nitrogens with two attached hydrogens (primary N) is 1. The molecule has 0 amide bonds. The number of ether oxygens (including phenoxy) is 1. The van der Waals surface area contributed by atoms with Gasteiger partial charge in [0.15, 0.2) is 11.6 Å². The minimum atomic E-state index is -0.307. The fourth-order valence-electron chi connectivity index (χ4n) is 3.35. The maximum absolute atomic E-state index is 14.3. The van der Waals surface area contributed by atoms with E-state index in [0.717, 1.165) is 12.8 Å². The SMILES string of the molecule is COc1cccc(C(N)C2CCCCC2(C)C)c1F. The summed E-state index contributed by atoms with van der Waals surface area (Å²) >= 11 is 0. The van der Waals surface area contributed by atoms with Gasteiger partial charge in [0.05, 0.1) is 7.11 Å². The molecule has 1 fully saturated rings. The van der Waals surface area contributed by atoms with Crippen LogP contribution in [0.25, 0.3) is 0 Å². The third kappa shape index (κ3) is 2.76. The number of halogens is 1. The number of hydrogen-bond donors (Lipinski definition) is 1. The van der Waals surface area contributed by atoms with Crippen LogP contribution in [0.3, 0.4) is 0 Å². The highest BCUT2D eigenvalue weighted by Crippen LogP contribution is 2.46. The van der Waals surface area contributed by atoms with Crippen LogP contribution in [0.1, 0.15) is 51.1 Å². The van der Waals surface area contributed by atoms with Crippen LogP contribution >= 0.6 is 0 Å². The van der Waals surface area contributed by atoms with Crippen LogP contribution in [0.15, 0.2) is 18.2 Å². The number of hydrogen-bond acceptors (Lipinski definition) is 2. The molecular formula is C16H24FNO. The van der Waals surface area contributed by atoms with Crippen LogP contribution in [0.4, 0.5) is 4.39 Å². The molecule has 3 heteroatoms. The second kappa shape index (κ2) is 5.49. The first-order valence-electron chi connectivity index (χ1n) is 7.05. The minimum Gasteiger partial charge on any atom is -0.494 e. The highest BCUT2D eigenvalue weighted by Gasteiger charge is 2.37. The fourth-order valence-corrected chi connectivity index (χ4v) is 3.35. The van der Waals surface area contributed by atoms with Crippen molar-refractivity contribution in [1.29, 1.82) is 0 Å². The van der Waals surface area contributed by atoms with Gasteiger partial charge in [-0.3, -0.25) is 0 Å². The van der Waals surface area contributed by atoms with Crippen molar-refractivity contribution in [3.8, 4) is 5.75 Å². The molecule has 1 aromatic rings. The maximum Gasteiger partial charge on any atom is 0.169 e. The van der Waals surface area contributed by atoms with Crippen LogP contribution < -0.4 is 10.5 Å². The van der Waals surface area contributed by atoms with Gasteiger partial charge in [-0.2, -0.15) is 0 Å². The van der Waals surface area contributed by atoms with E-state index in [1.54, 1.807) is 12.1 Å². The highest BCUT2D eigenvalue weighted by molar-refractivity contribution is 5.33. The van der Waals surface area contributed by atoms with E-state index >= 15 is 0 Å². The smallest absolute Gasteiger partial charge is 0.169 e. The number of benzene rings is 1. The van der Waals surface area contributed by atoms with E-state index in [1.807, 2.05) is 6.07 Å². The number of methoxy groups -OCH3 is 1. The third-order valence-corrected chi connectivity index (χ3v) is 4.60. The Morgan fingerprint density at radius 2 is 2.11 bits per heavy atom. The van der Waals surface area contributed by atoms with Gasteiger partial charge in [0.25, 0.3) is 0 Å². The van der Waals surface area contributed by atoms with E-state index in [-0.39, 0.29) is 23.0 Å².